The first kappa shape index (κ1) is 18.7. The Kier molecular flexibility index (Phi) is 5.92. The van der Waals surface area contributed by atoms with E-state index in [-0.39, 0.29) is 35.1 Å². The summed E-state index contributed by atoms with van der Waals surface area (Å²) in [6, 6.07) is 3.59. The molecule has 1 aliphatic heterocycles. The predicted octanol–water partition coefficient (Wildman–Crippen LogP) is 1.40. The van der Waals surface area contributed by atoms with Crippen molar-refractivity contribution in [1.82, 2.24) is 4.90 Å². The Labute approximate surface area is 144 Å². The number of morpholine rings is 1. The molecule has 0 radical (unpaired) electrons. The zero-order chi connectivity index (χ0) is 18.6. The van der Waals surface area contributed by atoms with Crippen LogP contribution in [0.2, 0.25) is 0 Å². The van der Waals surface area contributed by atoms with Crippen molar-refractivity contribution in [3.63, 3.8) is 0 Å². The molecular weight excluding hydrogens is 332 g/mol. The van der Waals surface area contributed by atoms with Crippen LogP contribution in [0.15, 0.2) is 18.2 Å². The summed E-state index contributed by atoms with van der Waals surface area (Å²) in [5.41, 5.74) is -0.372. The summed E-state index contributed by atoms with van der Waals surface area (Å²) >= 11 is 0. The highest BCUT2D eigenvalue weighted by molar-refractivity contribution is 5.94. The van der Waals surface area contributed by atoms with Crippen LogP contribution in [0.1, 0.15) is 24.2 Å². The molecule has 1 aliphatic rings. The maximum absolute atomic E-state index is 12.2. The van der Waals surface area contributed by atoms with Gasteiger partial charge in [0.1, 0.15) is 11.3 Å². The number of rotatable bonds is 5. The first-order valence-electron chi connectivity index (χ1n) is 7.74. The molecule has 0 spiro atoms. The molecule has 136 valence electrons. The predicted molar refractivity (Wildman–Crippen MR) is 86.5 cm³/mol. The molecule has 25 heavy (non-hydrogen) atoms. The van der Waals surface area contributed by atoms with E-state index in [2.05, 4.69) is 0 Å². The van der Waals surface area contributed by atoms with Crippen LogP contribution in [0.3, 0.4) is 0 Å². The number of carbonyl (C=O) groups is 2. The molecule has 1 amide bonds. The molecule has 9 heteroatoms. The molecule has 1 aromatic rings. The van der Waals surface area contributed by atoms with E-state index in [9.17, 15) is 19.7 Å². The van der Waals surface area contributed by atoms with Gasteiger partial charge in [-0.1, -0.05) is 0 Å². The Morgan fingerprint density at radius 1 is 1.32 bits per heavy atom. The summed E-state index contributed by atoms with van der Waals surface area (Å²) in [5.74, 6) is -1.07. The molecule has 1 fully saturated rings. The number of methoxy groups -OCH3 is 1. The van der Waals surface area contributed by atoms with Gasteiger partial charge in [-0.25, -0.2) is 4.79 Å². The first-order valence-corrected chi connectivity index (χ1v) is 7.74. The maximum atomic E-state index is 12.2. The van der Waals surface area contributed by atoms with Crippen LogP contribution >= 0.6 is 0 Å². The summed E-state index contributed by atoms with van der Waals surface area (Å²) in [7, 11) is 1.33. The Hall–Kier alpha value is -2.68. The highest BCUT2D eigenvalue weighted by Crippen LogP contribution is 2.24. The van der Waals surface area contributed by atoms with Crippen molar-refractivity contribution < 1.29 is 28.7 Å². The van der Waals surface area contributed by atoms with Crippen molar-refractivity contribution in [1.29, 1.82) is 0 Å². The average molecular weight is 352 g/mol. The van der Waals surface area contributed by atoms with Gasteiger partial charge in [0.2, 0.25) is 0 Å². The van der Waals surface area contributed by atoms with Gasteiger partial charge < -0.3 is 19.1 Å². The van der Waals surface area contributed by atoms with E-state index < -0.39 is 17.5 Å². The highest BCUT2D eigenvalue weighted by Gasteiger charge is 2.27. The Bertz CT molecular complexity index is 666. The molecule has 0 saturated carbocycles. The third-order valence-corrected chi connectivity index (χ3v) is 3.71. The van der Waals surface area contributed by atoms with E-state index >= 15 is 0 Å². The summed E-state index contributed by atoms with van der Waals surface area (Å²) in [6.45, 7) is 4.09. The molecule has 0 N–H and O–H groups in total. The molecular formula is C16H20N2O7. The van der Waals surface area contributed by atoms with Gasteiger partial charge >= 0.3 is 5.97 Å². The minimum absolute atomic E-state index is 0.0970. The van der Waals surface area contributed by atoms with Gasteiger partial charge in [-0.15, -0.1) is 0 Å². The quantitative estimate of drug-likeness (QED) is 0.447. The smallest absolute Gasteiger partial charge is 0.342 e. The minimum Gasteiger partial charge on any atom is -0.496 e. The van der Waals surface area contributed by atoms with Gasteiger partial charge in [0.15, 0.2) is 6.61 Å². The second kappa shape index (κ2) is 7.93. The number of carbonyl (C=O) groups excluding carboxylic acids is 2. The number of hydrogen-bond acceptors (Lipinski definition) is 7. The van der Waals surface area contributed by atoms with Gasteiger partial charge in [0.05, 0.1) is 24.2 Å². The van der Waals surface area contributed by atoms with Crippen molar-refractivity contribution in [2.75, 3.05) is 26.8 Å². The Morgan fingerprint density at radius 3 is 2.52 bits per heavy atom. The van der Waals surface area contributed by atoms with Crippen molar-refractivity contribution in [2.24, 2.45) is 0 Å². The van der Waals surface area contributed by atoms with E-state index in [0.717, 1.165) is 6.07 Å². The summed E-state index contributed by atoms with van der Waals surface area (Å²) < 4.78 is 15.6. The monoisotopic (exact) mass is 352 g/mol. The van der Waals surface area contributed by atoms with Gasteiger partial charge in [0.25, 0.3) is 11.6 Å². The molecule has 1 aromatic carbocycles. The first-order chi connectivity index (χ1) is 11.8. The number of nitro benzene ring substituents is 1. The molecule has 1 saturated heterocycles. The van der Waals surface area contributed by atoms with Gasteiger partial charge in [-0.3, -0.25) is 14.9 Å². The third kappa shape index (κ3) is 4.66. The number of esters is 1. The van der Waals surface area contributed by atoms with Crippen LogP contribution in [-0.2, 0) is 14.3 Å². The average Bonchev–Trinajstić information content (AvgIpc) is 2.57. The number of ether oxygens (including phenoxy) is 3. The van der Waals surface area contributed by atoms with Gasteiger partial charge in [-0.05, 0) is 19.9 Å². The molecule has 0 bridgehead atoms. The van der Waals surface area contributed by atoms with E-state index in [0.29, 0.717) is 13.1 Å². The standard InChI is InChI=1S/C16H20N2O7/c1-10-7-17(8-11(2)25-10)15(19)9-24-16(20)13-6-12(18(21)22)4-5-14(13)23-3/h4-6,10-11H,7-9H2,1-3H3/t10-,11-/m0/s1. The normalized spacial score (nSPS) is 20.0. The number of amides is 1. The van der Waals surface area contributed by atoms with Gasteiger partial charge in [0, 0.05) is 25.2 Å². The third-order valence-electron chi connectivity index (χ3n) is 3.71. The zero-order valence-electron chi connectivity index (χ0n) is 14.3. The lowest BCUT2D eigenvalue weighted by molar-refractivity contribution is -0.384. The zero-order valence-corrected chi connectivity index (χ0v) is 14.3. The summed E-state index contributed by atoms with van der Waals surface area (Å²) in [4.78, 5) is 36.2. The fourth-order valence-electron chi connectivity index (χ4n) is 2.65. The molecule has 0 aliphatic carbocycles. The van der Waals surface area contributed by atoms with Crippen LogP contribution in [0, 0.1) is 10.1 Å². The van der Waals surface area contributed by atoms with Crippen LogP contribution in [-0.4, -0.2) is 60.7 Å². The van der Waals surface area contributed by atoms with E-state index in [1.807, 2.05) is 13.8 Å². The highest BCUT2D eigenvalue weighted by atomic mass is 16.6. The Morgan fingerprint density at radius 2 is 1.96 bits per heavy atom. The Balaban J connectivity index is 2.03. The number of nitro groups is 1. The van der Waals surface area contributed by atoms with E-state index in [4.69, 9.17) is 14.2 Å². The fraction of sp³-hybridized carbons (Fsp3) is 0.500. The topological polar surface area (TPSA) is 108 Å². The lowest BCUT2D eigenvalue weighted by atomic mass is 10.2. The van der Waals surface area contributed by atoms with Crippen molar-refractivity contribution in [3.05, 3.63) is 33.9 Å². The lowest BCUT2D eigenvalue weighted by Gasteiger charge is -2.35. The molecule has 0 unspecified atom stereocenters. The molecule has 9 nitrogen and oxygen atoms in total. The summed E-state index contributed by atoms with van der Waals surface area (Å²) in [5, 5.41) is 10.8. The number of hydrogen-bond donors (Lipinski definition) is 0. The molecule has 2 rings (SSSR count). The van der Waals surface area contributed by atoms with Crippen LogP contribution < -0.4 is 4.74 Å². The second-order valence-corrected chi connectivity index (χ2v) is 5.77. The minimum atomic E-state index is -0.858. The van der Waals surface area contributed by atoms with E-state index in [1.165, 1.54) is 19.2 Å². The number of nitrogens with zero attached hydrogens (tertiary/aromatic N) is 2. The fourth-order valence-corrected chi connectivity index (χ4v) is 2.65. The largest absolute Gasteiger partial charge is 0.496 e. The lowest BCUT2D eigenvalue weighted by Crippen LogP contribution is -2.49. The second-order valence-electron chi connectivity index (χ2n) is 5.77. The van der Waals surface area contributed by atoms with Gasteiger partial charge in [-0.2, -0.15) is 0 Å². The molecule has 0 aromatic heterocycles. The SMILES string of the molecule is COc1ccc([N+](=O)[O-])cc1C(=O)OCC(=O)N1C[C@H](C)O[C@@H](C)C1. The molecule has 1 heterocycles. The van der Waals surface area contributed by atoms with Crippen LogP contribution in [0.4, 0.5) is 5.69 Å². The number of benzene rings is 1. The van der Waals surface area contributed by atoms with Crippen molar-refractivity contribution >= 4 is 17.6 Å². The number of non-ortho nitro benzene ring substituents is 1. The van der Waals surface area contributed by atoms with Crippen molar-refractivity contribution in [2.45, 2.75) is 26.1 Å². The van der Waals surface area contributed by atoms with Crippen LogP contribution in [0.5, 0.6) is 5.75 Å². The summed E-state index contributed by atoms with van der Waals surface area (Å²) in [6.07, 6.45) is -0.194. The van der Waals surface area contributed by atoms with Crippen LogP contribution in [0.25, 0.3) is 0 Å². The van der Waals surface area contributed by atoms with Crippen molar-refractivity contribution in [3.8, 4) is 5.75 Å². The van der Waals surface area contributed by atoms with E-state index in [1.54, 1.807) is 4.90 Å². The maximum Gasteiger partial charge on any atom is 0.342 e. The molecule has 2 atom stereocenters.